The third kappa shape index (κ3) is 5.82. The number of nitrogens with two attached hydrogens (primary N) is 1. The second-order valence-electron chi connectivity index (χ2n) is 4.99. The number of rotatable bonds is 8. The molecular weight excluding hydrogens is 216 g/mol. The van der Waals surface area contributed by atoms with Gasteiger partial charge in [-0.05, 0) is 45.1 Å². The highest BCUT2D eigenvalue weighted by atomic mass is 16.5. The topological polar surface area (TPSA) is 56.5 Å². The number of methoxy groups -OCH3 is 1. The highest BCUT2D eigenvalue weighted by Crippen LogP contribution is 2.19. The molecule has 17 heavy (non-hydrogen) atoms. The summed E-state index contributed by atoms with van der Waals surface area (Å²) in [5, 5.41) is 3.69. The van der Waals surface area contributed by atoms with Crippen molar-refractivity contribution in [1.82, 2.24) is 5.32 Å². The van der Waals surface area contributed by atoms with Gasteiger partial charge in [0.15, 0.2) is 0 Å². The van der Waals surface area contributed by atoms with Crippen LogP contribution in [0, 0.1) is 5.92 Å². The Labute approximate surface area is 105 Å². The van der Waals surface area contributed by atoms with E-state index in [-0.39, 0.29) is 0 Å². The molecule has 1 saturated heterocycles. The SMILES string of the molecule is COCC(CCCN)NC(C)C1CCOCC1. The molecular formula is C13H28N2O2. The third-order valence-electron chi connectivity index (χ3n) is 3.60. The van der Waals surface area contributed by atoms with E-state index in [1.54, 1.807) is 7.11 Å². The average Bonchev–Trinajstić information content (AvgIpc) is 2.37. The fourth-order valence-electron chi connectivity index (χ4n) is 2.50. The highest BCUT2D eigenvalue weighted by molar-refractivity contribution is 4.79. The van der Waals surface area contributed by atoms with Crippen LogP contribution < -0.4 is 11.1 Å². The fourth-order valence-corrected chi connectivity index (χ4v) is 2.50. The largest absolute Gasteiger partial charge is 0.383 e. The molecule has 4 heteroatoms. The van der Waals surface area contributed by atoms with Gasteiger partial charge in [0, 0.05) is 32.4 Å². The van der Waals surface area contributed by atoms with Crippen LogP contribution in [-0.2, 0) is 9.47 Å². The molecule has 1 aliphatic heterocycles. The van der Waals surface area contributed by atoms with Gasteiger partial charge in [-0.1, -0.05) is 0 Å². The quantitative estimate of drug-likeness (QED) is 0.672. The molecule has 1 rings (SSSR count). The van der Waals surface area contributed by atoms with Crippen molar-refractivity contribution in [3.05, 3.63) is 0 Å². The maximum Gasteiger partial charge on any atom is 0.0615 e. The van der Waals surface area contributed by atoms with Gasteiger partial charge in [-0.3, -0.25) is 0 Å². The molecule has 0 aromatic heterocycles. The molecule has 0 amide bonds. The normalized spacial score (nSPS) is 21.4. The van der Waals surface area contributed by atoms with E-state index in [0.29, 0.717) is 12.1 Å². The Morgan fingerprint density at radius 2 is 2.12 bits per heavy atom. The van der Waals surface area contributed by atoms with E-state index in [2.05, 4.69) is 12.2 Å². The standard InChI is InChI=1S/C13H28N2O2/c1-11(12-5-8-17-9-6-12)15-13(10-16-2)4-3-7-14/h11-13,15H,3-10,14H2,1-2H3. The van der Waals surface area contributed by atoms with Gasteiger partial charge in [0.25, 0.3) is 0 Å². The van der Waals surface area contributed by atoms with Crippen molar-refractivity contribution in [2.75, 3.05) is 33.5 Å². The van der Waals surface area contributed by atoms with Crippen LogP contribution in [0.5, 0.6) is 0 Å². The molecule has 4 nitrogen and oxygen atoms in total. The van der Waals surface area contributed by atoms with Crippen LogP contribution in [0.3, 0.4) is 0 Å². The minimum Gasteiger partial charge on any atom is -0.383 e. The molecule has 0 saturated carbocycles. The van der Waals surface area contributed by atoms with Crippen LogP contribution in [0.1, 0.15) is 32.6 Å². The van der Waals surface area contributed by atoms with Gasteiger partial charge in [0.05, 0.1) is 6.61 Å². The van der Waals surface area contributed by atoms with E-state index in [1.165, 1.54) is 12.8 Å². The summed E-state index contributed by atoms with van der Waals surface area (Å²) in [6.45, 7) is 5.63. The van der Waals surface area contributed by atoms with Crippen molar-refractivity contribution < 1.29 is 9.47 Å². The highest BCUT2D eigenvalue weighted by Gasteiger charge is 2.22. The van der Waals surface area contributed by atoms with Gasteiger partial charge in [0.2, 0.25) is 0 Å². The van der Waals surface area contributed by atoms with Gasteiger partial charge in [-0.15, -0.1) is 0 Å². The van der Waals surface area contributed by atoms with Crippen LogP contribution in [0.15, 0.2) is 0 Å². The van der Waals surface area contributed by atoms with E-state index >= 15 is 0 Å². The summed E-state index contributed by atoms with van der Waals surface area (Å²) in [4.78, 5) is 0. The van der Waals surface area contributed by atoms with Gasteiger partial charge >= 0.3 is 0 Å². The monoisotopic (exact) mass is 244 g/mol. The molecule has 102 valence electrons. The van der Waals surface area contributed by atoms with E-state index in [4.69, 9.17) is 15.2 Å². The van der Waals surface area contributed by atoms with Crippen LogP contribution >= 0.6 is 0 Å². The fraction of sp³-hybridized carbons (Fsp3) is 1.00. The van der Waals surface area contributed by atoms with Crippen LogP contribution in [-0.4, -0.2) is 45.6 Å². The van der Waals surface area contributed by atoms with Crippen molar-refractivity contribution in [2.24, 2.45) is 11.7 Å². The number of hydrogen-bond acceptors (Lipinski definition) is 4. The molecule has 0 aromatic carbocycles. The summed E-state index contributed by atoms with van der Waals surface area (Å²) in [6.07, 6.45) is 4.49. The van der Waals surface area contributed by atoms with E-state index < -0.39 is 0 Å². The lowest BCUT2D eigenvalue weighted by Gasteiger charge is -2.31. The Hall–Kier alpha value is -0.160. The van der Waals surface area contributed by atoms with Crippen LogP contribution in [0.2, 0.25) is 0 Å². The van der Waals surface area contributed by atoms with Gasteiger partial charge in [-0.2, -0.15) is 0 Å². The first-order valence-corrected chi connectivity index (χ1v) is 6.80. The Bertz CT molecular complexity index is 184. The first-order chi connectivity index (χ1) is 8.27. The predicted molar refractivity (Wildman–Crippen MR) is 70.1 cm³/mol. The molecule has 3 N–H and O–H groups in total. The first kappa shape index (κ1) is 14.9. The number of ether oxygens (including phenoxy) is 2. The Morgan fingerprint density at radius 1 is 1.41 bits per heavy atom. The van der Waals surface area contributed by atoms with Crippen molar-refractivity contribution in [2.45, 2.75) is 44.7 Å². The van der Waals surface area contributed by atoms with Gasteiger partial charge < -0.3 is 20.5 Å². The average molecular weight is 244 g/mol. The van der Waals surface area contributed by atoms with E-state index in [9.17, 15) is 0 Å². The summed E-state index contributed by atoms with van der Waals surface area (Å²) in [5.41, 5.74) is 5.56. The second kappa shape index (κ2) is 8.86. The molecule has 1 aliphatic rings. The minimum absolute atomic E-state index is 0.432. The lowest BCUT2D eigenvalue weighted by molar-refractivity contribution is 0.0514. The van der Waals surface area contributed by atoms with Crippen molar-refractivity contribution >= 4 is 0 Å². The second-order valence-corrected chi connectivity index (χ2v) is 4.99. The summed E-state index contributed by atoms with van der Waals surface area (Å²) in [7, 11) is 1.76. The molecule has 2 unspecified atom stereocenters. The van der Waals surface area contributed by atoms with Crippen molar-refractivity contribution in [1.29, 1.82) is 0 Å². The smallest absolute Gasteiger partial charge is 0.0615 e. The van der Waals surface area contributed by atoms with E-state index in [1.807, 2.05) is 0 Å². The summed E-state index contributed by atoms with van der Waals surface area (Å²) >= 11 is 0. The minimum atomic E-state index is 0.432. The maximum atomic E-state index is 5.56. The maximum absolute atomic E-state index is 5.56. The summed E-state index contributed by atoms with van der Waals surface area (Å²) in [6, 6.07) is 0.971. The zero-order valence-electron chi connectivity index (χ0n) is 11.3. The molecule has 0 bridgehead atoms. The Kier molecular flexibility index (Phi) is 7.77. The zero-order valence-corrected chi connectivity index (χ0v) is 11.3. The third-order valence-corrected chi connectivity index (χ3v) is 3.60. The van der Waals surface area contributed by atoms with E-state index in [0.717, 1.165) is 45.1 Å². The Morgan fingerprint density at radius 3 is 2.71 bits per heavy atom. The molecule has 2 atom stereocenters. The molecule has 0 radical (unpaired) electrons. The van der Waals surface area contributed by atoms with Crippen molar-refractivity contribution in [3.8, 4) is 0 Å². The molecule has 0 spiro atoms. The van der Waals surface area contributed by atoms with Crippen LogP contribution in [0.4, 0.5) is 0 Å². The Balaban J connectivity index is 2.30. The number of hydrogen-bond donors (Lipinski definition) is 2. The van der Waals surface area contributed by atoms with Gasteiger partial charge in [0.1, 0.15) is 0 Å². The van der Waals surface area contributed by atoms with Crippen LogP contribution in [0.25, 0.3) is 0 Å². The summed E-state index contributed by atoms with van der Waals surface area (Å²) in [5.74, 6) is 0.737. The zero-order chi connectivity index (χ0) is 12.5. The molecule has 0 aromatic rings. The first-order valence-electron chi connectivity index (χ1n) is 6.80. The van der Waals surface area contributed by atoms with Gasteiger partial charge in [-0.25, -0.2) is 0 Å². The number of nitrogens with one attached hydrogen (secondary N) is 1. The molecule has 0 aliphatic carbocycles. The lowest BCUT2D eigenvalue weighted by atomic mass is 9.92. The summed E-state index contributed by atoms with van der Waals surface area (Å²) < 4.78 is 10.7. The molecule has 1 heterocycles. The predicted octanol–water partition coefficient (Wildman–Crippen LogP) is 1.15. The lowest BCUT2D eigenvalue weighted by Crippen LogP contribution is -2.44. The molecule has 1 fully saturated rings. The van der Waals surface area contributed by atoms with Crippen molar-refractivity contribution in [3.63, 3.8) is 0 Å².